The molecule has 1 aromatic rings. The van der Waals surface area contributed by atoms with E-state index in [0.717, 1.165) is 0 Å². The van der Waals surface area contributed by atoms with Gasteiger partial charge in [-0.15, -0.1) is 0 Å². The van der Waals surface area contributed by atoms with Crippen molar-refractivity contribution in [2.75, 3.05) is 13.1 Å². The Bertz CT molecular complexity index is 460. The first-order valence-corrected chi connectivity index (χ1v) is 5.79. The molecule has 0 amide bonds. The predicted molar refractivity (Wildman–Crippen MR) is 62.6 cm³/mol. The number of hydrogen-bond acceptors (Lipinski definition) is 3. The molecular formula is C13H14F2N3. The molecule has 1 saturated heterocycles. The molecule has 18 heavy (non-hydrogen) atoms. The summed E-state index contributed by atoms with van der Waals surface area (Å²) >= 11 is 0. The van der Waals surface area contributed by atoms with Gasteiger partial charge >= 0.3 is 0 Å². The van der Waals surface area contributed by atoms with Gasteiger partial charge in [-0.05, 0) is 25.0 Å². The monoisotopic (exact) mass is 250 g/mol. The maximum absolute atomic E-state index is 12.7. The molecule has 1 fully saturated rings. The minimum Gasteiger partial charge on any atom is -0.302 e. The number of pyridine rings is 1. The van der Waals surface area contributed by atoms with Crippen LogP contribution in [0.1, 0.15) is 30.5 Å². The summed E-state index contributed by atoms with van der Waals surface area (Å²) in [5.74, 6) is 0. The normalized spacial score (nSPS) is 19.7. The fourth-order valence-corrected chi connectivity index (χ4v) is 2.20. The quantitative estimate of drug-likeness (QED) is 0.810. The van der Waals surface area contributed by atoms with Crippen LogP contribution in [0.4, 0.5) is 8.78 Å². The number of likely N-dealkylation sites (tertiary alicyclic amines) is 1. The molecule has 1 aromatic heterocycles. The highest BCUT2D eigenvalue weighted by atomic mass is 19.3. The first-order valence-electron chi connectivity index (χ1n) is 5.79. The summed E-state index contributed by atoms with van der Waals surface area (Å²) in [6, 6.07) is 4.90. The second kappa shape index (κ2) is 4.99. The molecule has 3 nitrogen and oxygen atoms in total. The third-order valence-corrected chi connectivity index (χ3v) is 3.45. The number of nitrogens with zero attached hydrogens (tertiary/aromatic N) is 3. The third-order valence-electron chi connectivity index (χ3n) is 3.45. The molecular weight excluding hydrogens is 236 g/mol. The molecule has 0 N–H and O–H groups in total. The molecule has 0 aromatic carbocycles. The number of rotatable bonds is 2. The molecule has 1 radical (unpaired) electrons. The van der Waals surface area contributed by atoms with Crippen LogP contribution < -0.4 is 0 Å². The molecule has 1 aliphatic heterocycles. The predicted octanol–water partition coefficient (Wildman–Crippen LogP) is 2.67. The van der Waals surface area contributed by atoms with Crippen LogP contribution in [0.25, 0.3) is 0 Å². The van der Waals surface area contributed by atoms with Crippen molar-refractivity contribution < 1.29 is 8.78 Å². The van der Waals surface area contributed by atoms with Crippen molar-refractivity contribution in [1.82, 2.24) is 9.88 Å². The van der Waals surface area contributed by atoms with Gasteiger partial charge in [0.25, 0.3) is 6.43 Å². The summed E-state index contributed by atoms with van der Waals surface area (Å²) in [6.45, 7) is 1.35. The Hall–Kier alpha value is -1.54. The average Bonchev–Trinajstić information content (AvgIpc) is 2.40. The number of halogens is 2. The summed E-state index contributed by atoms with van der Waals surface area (Å²) in [5, 5.41) is 9.39. The van der Waals surface area contributed by atoms with Gasteiger partial charge in [0.2, 0.25) is 0 Å². The zero-order valence-electron chi connectivity index (χ0n) is 9.94. The second-order valence-electron chi connectivity index (χ2n) is 4.59. The van der Waals surface area contributed by atoms with E-state index in [1.807, 2.05) is 4.90 Å². The molecule has 0 spiro atoms. The lowest BCUT2D eigenvalue weighted by atomic mass is 9.76. The maximum Gasteiger partial charge on any atom is 0.263 e. The molecule has 1 aliphatic rings. The Morgan fingerprint density at radius 1 is 1.44 bits per heavy atom. The minimum atomic E-state index is -2.53. The standard InChI is InChI=1S/C13H14F2N3/c1-18-6-3-13(9-16,4-7-18)11-8-10(12(14)15)2-5-17-11/h2,5,8,12H,1,3-4,6-7H2. The van der Waals surface area contributed by atoms with Crippen LogP contribution in [-0.4, -0.2) is 23.0 Å². The minimum absolute atomic E-state index is 0.0771. The fraction of sp³-hybridized carbons (Fsp3) is 0.462. The van der Waals surface area contributed by atoms with E-state index < -0.39 is 11.8 Å². The highest BCUT2D eigenvalue weighted by molar-refractivity contribution is 5.31. The number of hydrogen-bond donors (Lipinski definition) is 0. The Kier molecular flexibility index (Phi) is 3.58. The molecule has 0 saturated carbocycles. The van der Waals surface area contributed by atoms with Crippen molar-refractivity contribution in [3.8, 4) is 6.07 Å². The van der Waals surface area contributed by atoms with E-state index in [9.17, 15) is 14.0 Å². The highest BCUT2D eigenvalue weighted by Gasteiger charge is 2.37. The molecule has 0 bridgehead atoms. The largest absolute Gasteiger partial charge is 0.302 e. The van der Waals surface area contributed by atoms with Crippen molar-refractivity contribution in [3.05, 3.63) is 36.6 Å². The zero-order chi connectivity index (χ0) is 13.2. The van der Waals surface area contributed by atoms with Gasteiger partial charge in [0.05, 0.1) is 11.8 Å². The number of alkyl halides is 2. The van der Waals surface area contributed by atoms with Gasteiger partial charge in [0.15, 0.2) is 0 Å². The Labute approximate surface area is 105 Å². The summed E-state index contributed by atoms with van der Waals surface area (Å²) in [6.07, 6.45) is -0.0262. The van der Waals surface area contributed by atoms with Crippen LogP contribution in [0.15, 0.2) is 18.3 Å². The fourth-order valence-electron chi connectivity index (χ4n) is 2.20. The SMILES string of the molecule is [CH2]N1CCC(C#N)(c2cc(C(F)F)ccn2)CC1. The van der Waals surface area contributed by atoms with Gasteiger partial charge < -0.3 is 4.90 Å². The lowest BCUT2D eigenvalue weighted by molar-refractivity contribution is 0.150. The molecule has 0 unspecified atom stereocenters. The van der Waals surface area contributed by atoms with Gasteiger partial charge in [-0.1, -0.05) is 0 Å². The van der Waals surface area contributed by atoms with Gasteiger partial charge in [-0.25, -0.2) is 8.78 Å². The number of nitriles is 1. The first-order chi connectivity index (χ1) is 8.57. The zero-order valence-corrected chi connectivity index (χ0v) is 9.94. The van der Waals surface area contributed by atoms with Gasteiger partial charge in [0, 0.05) is 31.9 Å². The van der Waals surface area contributed by atoms with E-state index in [1.54, 1.807) is 0 Å². The Morgan fingerprint density at radius 2 is 2.11 bits per heavy atom. The van der Waals surface area contributed by atoms with E-state index >= 15 is 0 Å². The van der Waals surface area contributed by atoms with Gasteiger partial charge in [0.1, 0.15) is 5.41 Å². The van der Waals surface area contributed by atoms with Gasteiger partial charge in [-0.3, -0.25) is 4.98 Å². The molecule has 0 aliphatic carbocycles. The summed E-state index contributed by atoms with van der Waals surface area (Å²) in [7, 11) is 3.82. The first kappa shape index (κ1) is 12.9. The smallest absolute Gasteiger partial charge is 0.263 e. The lowest BCUT2D eigenvalue weighted by Gasteiger charge is -2.34. The van der Waals surface area contributed by atoms with Crippen molar-refractivity contribution in [3.63, 3.8) is 0 Å². The molecule has 5 heteroatoms. The Balaban J connectivity index is 2.33. The third kappa shape index (κ3) is 2.34. The van der Waals surface area contributed by atoms with E-state index in [2.05, 4.69) is 18.1 Å². The second-order valence-corrected chi connectivity index (χ2v) is 4.59. The van der Waals surface area contributed by atoms with E-state index in [0.29, 0.717) is 31.6 Å². The topological polar surface area (TPSA) is 39.9 Å². The van der Waals surface area contributed by atoms with E-state index in [-0.39, 0.29) is 5.56 Å². The molecule has 2 rings (SSSR count). The van der Waals surface area contributed by atoms with Crippen molar-refractivity contribution in [1.29, 1.82) is 5.26 Å². The number of aromatic nitrogens is 1. The summed E-state index contributed by atoms with van der Waals surface area (Å²) in [4.78, 5) is 6.00. The molecule has 95 valence electrons. The summed E-state index contributed by atoms with van der Waals surface area (Å²) in [5.41, 5.74) is -0.374. The summed E-state index contributed by atoms with van der Waals surface area (Å²) < 4.78 is 25.4. The van der Waals surface area contributed by atoms with Crippen molar-refractivity contribution >= 4 is 0 Å². The van der Waals surface area contributed by atoms with Crippen molar-refractivity contribution in [2.45, 2.75) is 24.7 Å². The number of piperidine rings is 1. The lowest BCUT2D eigenvalue weighted by Crippen LogP contribution is -2.39. The van der Waals surface area contributed by atoms with Crippen LogP contribution in [0, 0.1) is 18.4 Å². The van der Waals surface area contributed by atoms with Crippen LogP contribution in [0.5, 0.6) is 0 Å². The van der Waals surface area contributed by atoms with Crippen LogP contribution in [0.3, 0.4) is 0 Å². The van der Waals surface area contributed by atoms with Gasteiger partial charge in [-0.2, -0.15) is 5.26 Å². The van der Waals surface area contributed by atoms with E-state index in [1.165, 1.54) is 18.3 Å². The van der Waals surface area contributed by atoms with Crippen LogP contribution in [-0.2, 0) is 5.41 Å². The van der Waals surface area contributed by atoms with Crippen LogP contribution in [0.2, 0.25) is 0 Å². The molecule has 2 heterocycles. The van der Waals surface area contributed by atoms with E-state index in [4.69, 9.17) is 0 Å². The maximum atomic E-state index is 12.7. The average molecular weight is 250 g/mol. The molecule has 0 atom stereocenters. The highest BCUT2D eigenvalue weighted by Crippen LogP contribution is 2.34. The van der Waals surface area contributed by atoms with Crippen LogP contribution >= 0.6 is 0 Å². The Morgan fingerprint density at radius 3 is 2.67 bits per heavy atom. The van der Waals surface area contributed by atoms with Crippen molar-refractivity contribution in [2.24, 2.45) is 0 Å².